The van der Waals surface area contributed by atoms with Crippen LogP contribution in [0.3, 0.4) is 0 Å². The molecule has 38 heavy (non-hydrogen) atoms. The van der Waals surface area contributed by atoms with Gasteiger partial charge in [-0.25, -0.2) is 4.39 Å². The molecule has 5 rings (SSSR count). The van der Waals surface area contributed by atoms with Crippen LogP contribution in [0.4, 0.5) is 4.39 Å². The number of aliphatic hydroxyl groups excluding tert-OH is 1. The zero-order valence-electron chi connectivity index (χ0n) is 21.6. The van der Waals surface area contributed by atoms with Gasteiger partial charge < -0.3 is 10.0 Å². The van der Waals surface area contributed by atoms with Gasteiger partial charge in [0.05, 0.1) is 5.52 Å². The first-order valence-electron chi connectivity index (χ1n) is 13.2. The van der Waals surface area contributed by atoms with E-state index in [1.807, 2.05) is 59.1 Å². The molecule has 0 spiro atoms. The van der Waals surface area contributed by atoms with Crippen LogP contribution in [0.1, 0.15) is 52.0 Å². The van der Waals surface area contributed by atoms with Gasteiger partial charge in [0.1, 0.15) is 5.82 Å². The van der Waals surface area contributed by atoms with Gasteiger partial charge in [-0.2, -0.15) is 5.10 Å². The number of amides is 1. The van der Waals surface area contributed by atoms with E-state index in [1.165, 1.54) is 12.1 Å². The molecule has 1 N–H and O–H groups in total. The first-order valence-corrected chi connectivity index (χ1v) is 13.2. The summed E-state index contributed by atoms with van der Waals surface area (Å²) in [5.41, 5.74) is 5.02. The maximum Gasteiger partial charge on any atom is 0.253 e. The third-order valence-electron chi connectivity index (χ3n) is 7.52. The molecule has 1 fully saturated rings. The first-order chi connectivity index (χ1) is 18.4. The number of rotatable bonds is 8. The molecular formula is C31H32FN3O3. The summed E-state index contributed by atoms with van der Waals surface area (Å²) in [6.45, 7) is 4.14. The van der Waals surface area contributed by atoms with Gasteiger partial charge in [0.25, 0.3) is 5.91 Å². The molecule has 1 aromatic heterocycles. The molecule has 2 heterocycles. The Morgan fingerprint density at radius 1 is 0.974 bits per heavy atom. The normalized spacial score (nSPS) is 14.2. The third kappa shape index (κ3) is 5.53. The molecule has 0 aliphatic carbocycles. The zero-order chi connectivity index (χ0) is 26.6. The molecule has 1 saturated heterocycles. The molecule has 4 aromatic rings. The maximum atomic E-state index is 13.2. The Labute approximate surface area is 221 Å². The predicted octanol–water partition coefficient (Wildman–Crippen LogP) is 5.66. The van der Waals surface area contributed by atoms with Gasteiger partial charge in [0.15, 0.2) is 5.78 Å². The van der Waals surface area contributed by atoms with Crippen molar-refractivity contribution in [3.63, 3.8) is 0 Å². The fourth-order valence-corrected chi connectivity index (χ4v) is 5.26. The summed E-state index contributed by atoms with van der Waals surface area (Å²) in [5, 5.41) is 14.7. The highest BCUT2D eigenvalue weighted by atomic mass is 19.1. The highest BCUT2D eigenvalue weighted by Crippen LogP contribution is 2.26. The zero-order valence-corrected chi connectivity index (χ0v) is 21.6. The molecule has 1 aliphatic rings. The molecule has 1 aliphatic heterocycles. The lowest BCUT2D eigenvalue weighted by Gasteiger charge is -2.32. The van der Waals surface area contributed by atoms with Crippen molar-refractivity contribution in [2.45, 2.75) is 39.2 Å². The lowest BCUT2D eigenvalue weighted by atomic mass is 9.96. The Morgan fingerprint density at radius 3 is 2.29 bits per heavy atom. The highest BCUT2D eigenvalue weighted by Gasteiger charge is 2.24. The van der Waals surface area contributed by atoms with Crippen LogP contribution in [0.2, 0.25) is 0 Å². The minimum atomic E-state index is -0.268. The van der Waals surface area contributed by atoms with Crippen LogP contribution in [0.5, 0.6) is 0 Å². The average Bonchev–Trinajstić information content (AvgIpc) is 3.36. The number of benzene rings is 3. The third-order valence-corrected chi connectivity index (χ3v) is 7.52. The number of piperidine rings is 1. The number of halogens is 1. The topological polar surface area (TPSA) is 75.4 Å². The van der Waals surface area contributed by atoms with E-state index in [0.717, 1.165) is 47.0 Å². The second-order valence-electron chi connectivity index (χ2n) is 10.1. The standard InChI is InChI=1S/C31H32FN3O3/c1-21-27(30(37)3-2-18-36)12-13-29-28(21)20-35(33-29)19-22-14-16-34(17-15-22)31(38)25-6-4-23(5-7-25)24-8-10-26(32)11-9-24/h4-13,20,22,36H,2-3,14-19H2,1H3. The van der Waals surface area contributed by atoms with Crippen molar-refractivity contribution >= 4 is 22.6 Å². The van der Waals surface area contributed by atoms with Crippen molar-refractivity contribution < 1.29 is 19.1 Å². The smallest absolute Gasteiger partial charge is 0.253 e. The quantitative estimate of drug-likeness (QED) is 0.309. The van der Waals surface area contributed by atoms with Crippen LogP contribution in [0, 0.1) is 18.7 Å². The van der Waals surface area contributed by atoms with Crippen LogP contribution < -0.4 is 0 Å². The van der Waals surface area contributed by atoms with Crippen molar-refractivity contribution in [3.05, 3.63) is 89.4 Å². The molecule has 0 atom stereocenters. The first kappa shape index (κ1) is 25.8. The van der Waals surface area contributed by atoms with Crippen LogP contribution in [0.25, 0.3) is 22.0 Å². The largest absolute Gasteiger partial charge is 0.396 e. The van der Waals surface area contributed by atoms with Crippen LogP contribution in [-0.2, 0) is 6.54 Å². The average molecular weight is 514 g/mol. The highest BCUT2D eigenvalue weighted by molar-refractivity contribution is 6.01. The number of aromatic nitrogens is 2. The van der Waals surface area contributed by atoms with E-state index >= 15 is 0 Å². The minimum absolute atomic E-state index is 0.0131. The number of likely N-dealkylation sites (tertiary alicyclic amines) is 1. The van der Waals surface area contributed by atoms with Crippen LogP contribution in [-0.4, -0.2) is 51.2 Å². The number of carbonyl (C=O) groups excluding carboxylic acids is 2. The van der Waals surface area contributed by atoms with Gasteiger partial charge in [0, 0.05) is 55.4 Å². The summed E-state index contributed by atoms with van der Waals surface area (Å²) in [5.74, 6) is 0.234. The molecule has 1 amide bonds. The van der Waals surface area contributed by atoms with Crippen LogP contribution >= 0.6 is 0 Å². The van der Waals surface area contributed by atoms with E-state index in [-0.39, 0.29) is 24.1 Å². The molecule has 0 unspecified atom stereocenters. The summed E-state index contributed by atoms with van der Waals surface area (Å²) in [4.78, 5) is 27.5. The van der Waals surface area contributed by atoms with Crippen molar-refractivity contribution in [1.29, 1.82) is 0 Å². The van der Waals surface area contributed by atoms with Crippen molar-refractivity contribution in [1.82, 2.24) is 14.7 Å². The number of hydrogen-bond acceptors (Lipinski definition) is 4. The van der Waals surface area contributed by atoms with Gasteiger partial charge in [-0.05, 0) is 85.2 Å². The molecule has 0 saturated carbocycles. The second kappa shape index (κ2) is 11.3. The number of carbonyl (C=O) groups is 2. The van der Waals surface area contributed by atoms with Gasteiger partial charge in [0.2, 0.25) is 0 Å². The molecule has 7 heteroatoms. The summed E-state index contributed by atoms with van der Waals surface area (Å²) in [7, 11) is 0. The summed E-state index contributed by atoms with van der Waals surface area (Å²) in [6.07, 6.45) is 4.64. The minimum Gasteiger partial charge on any atom is -0.396 e. The Bertz CT molecular complexity index is 1440. The Kier molecular flexibility index (Phi) is 7.65. The Balaban J connectivity index is 1.18. The van der Waals surface area contributed by atoms with E-state index < -0.39 is 0 Å². The SMILES string of the molecule is Cc1c(C(=O)CCCO)ccc2nn(CC3CCN(C(=O)c4ccc(-c5ccc(F)cc5)cc4)CC3)cc12. The van der Waals surface area contributed by atoms with E-state index in [2.05, 4.69) is 0 Å². The molecule has 6 nitrogen and oxygen atoms in total. The lowest BCUT2D eigenvalue weighted by Crippen LogP contribution is -2.39. The second-order valence-corrected chi connectivity index (χ2v) is 10.1. The number of hydrogen-bond donors (Lipinski definition) is 1. The molecule has 196 valence electrons. The number of Topliss-reactive ketones (excluding diaryl/α,β-unsaturated/α-hetero) is 1. The molecular weight excluding hydrogens is 481 g/mol. The number of ketones is 1. The predicted molar refractivity (Wildman–Crippen MR) is 146 cm³/mol. The summed E-state index contributed by atoms with van der Waals surface area (Å²) >= 11 is 0. The molecule has 3 aromatic carbocycles. The number of nitrogens with zero attached hydrogens (tertiary/aromatic N) is 3. The monoisotopic (exact) mass is 513 g/mol. The van der Waals surface area contributed by atoms with Gasteiger partial charge in [-0.15, -0.1) is 0 Å². The number of fused-ring (bicyclic) bond motifs is 1. The molecule has 0 radical (unpaired) electrons. The Hall–Kier alpha value is -3.84. The number of aryl methyl sites for hydroxylation is 1. The van der Waals surface area contributed by atoms with Gasteiger partial charge in [-0.3, -0.25) is 14.3 Å². The fraction of sp³-hybridized carbons (Fsp3) is 0.323. The van der Waals surface area contributed by atoms with Crippen molar-refractivity contribution in [2.24, 2.45) is 5.92 Å². The van der Waals surface area contributed by atoms with E-state index in [9.17, 15) is 14.0 Å². The lowest BCUT2D eigenvalue weighted by molar-refractivity contribution is 0.0681. The summed E-state index contributed by atoms with van der Waals surface area (Å²) in [6, 6.07) is 17.6. The fourth-order valence-electron chi connectivity index (χ4n) is 5.26. The van der Waals surface area contributed by atoms with E-state index in [4.69, 9.17) is 10.2 Å². The maximum absolute atomic E-state index is 13.2. The Morgan fingerprint density at radius 2 is 1.63 bits per heavy atom. The van der Waals surface area contributed by atoms with Crippen LogP contribution in [0.15, 0.2) is 66.9 Å². The van der Waals surface area contributed by atoms with Gasteiger partial charge >= 0.3 is 0 Å². The summed E-state index contributed by atoms with van der Waals surface area (Å²) < 4.78 is 15.2. The molecule has 0 bridgehead atoms. The van der Waals surface area contributed by atoms with Crippen molar-refractivity contribution in [3.8, 4) is 11.1 Å². The van der Waals surface area contributed by atoms with E-state index in [0.29, 0.717) is 43.0 Å². The van der Waals surface area contributed by atoms with Crippen molar-refractivity contribution in [2.75, 3.05) is 19.7 Å². The number of aliphatic hydroxyl groups is 1. The van der Waals surface area contributed by atoms with E-state index in [1.54, 1.807) is 12.1 Å². The van der Waals surface area contributed by atoms with Gasteiger partial charge in [-0.1, -0.05) is 24.3 Å².